The van der Waals surface area contributed by atoms with Crippen molar-refractivity contribution < 1.29 is 24.0 Å². The van der Waals surface area contributed by atoms with Gasteiger partial charge in [-0.1, -0.05) is 12.1 Å². The number of para-hydroxylation sites is 1. The van der Waals surface area contributed by atoms with Crippen molar-refractivity contribution in [1.29, 1.82) is 0 Å². The number of carbonyl (C=O) groups is 2. The fourth-order valence-corrected chi connectivity index (χ4v) is 2.52. The molecule has 0 aliphatic carbocycles. The molecule has 8 heteroatoms. The highest BCUT2D eigenvalue weighted by atomic mass is 16.6. The second-order valence-corrected chi connectivity index (χ2v) is 5.67. The van der Waals surface area contributed by atoms with Crippen LogP contribution in [0.5, 0.6) is 5.75 Å². The lowest BCUT2D eigenvalue weighted by atomic mass is 10.1. The van der Waals surface area contributed by atoms with E-state index in [1.54, 1.807) is 31.2 Å². The van der Waals surface area contributed by atoms with Crippen molar-refractivity contribution >= 4 is 29.1 Å². The number of cyclic esters (lactones) is 1. The molecule has 0 atom stereocenters. The predicted molar refractivity (Wildman–Crippen MR) is 96.1 cm³/mol. The van der Waals surface area contributed by atoms with Crippen molar-refractivity contribution in [2.45, 2.75) is 13.8 Å². The van der Waals surface area contributed by atoms with Crippen LogP contribution in [0.15, 0.2) is 59.2 Å². The molecule has 0 unspecified atom stereocenters. The highest BCUT2D eigenvalue weighted by molar-refractivity contribution is 6.15. The molecule has 0 fully saturated rings. The third kappa shape index (κ3) is 3.74. The lowest BCUT2D eigenvalue weighted by Crippen LogP contribution is -2.10. The van der Waals surface area contributed by atoms with Crippen LogP contribution >= 0.6 is 0 Å². The minimum absolute atomic E-state index is 0.0214. The van der Waals surface area contributed by atoms with E-state index in [1.807, 2.05) is 0 Å². The monoisotopic (exact) mass is 366 g/mol. The molecule has 27 heavy (non-hydrogen) atoms. The number of nitrogens with zero attached hydrogens (tertiary/aromatic N) is 2. The molecule has 0 saturated heterocycles. The fraction of sp³-hybridized carbons (Fsp3) is 0.105. The third-order valence-electron chi connectivity index (χ3n) is 3.83. The van der Waals surface area contributed by atoms with Gasteiger partial charge in [0.05, 0.1) is 10.5 Å². The van der Waals surface area contributed by atoms with Gasteiger partial charge < -0.3 is 9.47 Å². The number of nitro benzene ring substituents is 1. The molecule has 0 aromatic heterocycles. The van der Waals surface area contributed by atoms with Gasteiger partial charge in [-0.2, -0.15) is 0 Å². The number of hydrogen-bond acceptors (Lipinski definition) is 7. The number of carbonyl (C=O) groups excluding carboxylic acids is 2. The SMILES string of the molecule is CC(=O)Oc1ccccc1C1=N/C(=C(/C)c2ccc([N+](=O)[O-])cc2)C(=O)O1. The van der Waals surface area contributed by atoms with Crippen molar-refractivity contribution in [3.63, 3.8) is 0 Å². The molecule has 1 heterocycles. The fourth-order valence-electron chi connectivity index (χ4n) is 2.52. The highest BCUT2D eigenvalue weighted by Crippen LogP contribution is 2.29. The van der Waals surface area contributed by atoms with Gasteiger partial charge in [-0.05, 0) is 42.3 Å². The summed E-state index contributed by atoms with van der Waals surface area (Å²) in [5.74, 6) is -0.914. The van der Waals surface area contributed by atoms with Gasteiger partial charge in [-0.15, -0.1) is 0 Å². The summed E-state index contributed by atoms with van der Waals surface area (Å²) in [7, 11) is 0. The zero-order valence-corrected chi connectivity index (χ0v) is 14.5. The van der Waals surface area contributed by atoms with Gasteiger partial charge in [0.15, 0.2) is 5.70 Å². The standard InChI is InChI=1S/C19H14N2O6/c1-11(13-7-9-14(10-8-13)21(24)25)17-19(23)27-18(20-17)15-5-3-4-6-16(15)26-12(2)22/h3-10H,1-2H3/b17-11-. The molecule has 136 valence electrons. The Balaban J connectivity index is 2.00. The molecular formula is C19H14N2O6. The van der Waals surface area contributed by atoms with E-state index >= 15 is 0 Å². The highest BCUT2D eigenvalue weighted by Gasteiger charge is 2.28. The van der Waals surface area contributed by atoms with Gasteiger partial charge >= 0.3 is 11.9 Å². The Morgan fingerprint density at radius 3 is 2.41 bits per heavy atom. The summed E-state index contributed by atoms with van der Waals surface area (Å²) in [4.78, 5) is 38.0. The Labute approximate surface area is 153 Å². The summed E-state index contributed by atoms with van der Waals surface area (Å²) in [6, 6.07) is 12.3. The van der Waals surface area contributed by atoms with Gasteiger partial charge in [0.1, 0.15) is 5.75 Å². The number of rotatable bonds is 4. The Morgan fingerprint density at radius 2 is 1.78 bits per heavy atom. The first-order valence-electron chi connectivity index (χ1n) is 7.91. The number of ether oxygens (including phenoxy) is 2. The number of esters is 2. The Morgan fingerprint density at radius 1 is 1.11 bits per heavy atom. The van der Waals surface area contributed by atoms with E-state index in [0.717, 1.165) is 0 Å². The summed E-state index contributed by atoms with van der Waals surface area (Å²) in [6.45, 7) is 2.94. The summed E-state index contributed by atoms with van der Waals surface area (Å²) in [6.07, 6.45) is 0. The van der Waals surface area contributed by atoms with E-state index in [0.29, 0.717) is 16.7 Å². The van der Waals surface area contributed by atoms with Gasteiger partial charge in [-0.3, -0.25) is 14.9 Å². The molecule has 1 aliphatic rings. The van der Waals surface area contributed by atoms with Crippen LogP contribution in [0.2, 0.25) is 0 Å². The summed E-state index contributed by atoms with van der Waals surface area (Å²) < 4.78 is 10.4. The smallest absolute Gasteiger partial charge is 0.364 e. The maximum absolute atomic E-state index is 12.3. The maximum atomic E-state index is 12.3. The van der Waals surface area contributed by atoms with E-state index in [4.69, 9.17) is 9.47 Å². The zero-order valence-electron chi connectivity index (χ0n) is 14.5. The number of allylic oxidation sites excluding steroid dienone is 1. The summed E-state index contributed by atoms with van der Waals surface area (Å²) >= 11 is 0. The average molecular weight is 366 g/mol. The molecule has 2 aromatic carbocycles. The van der Waals surface area contributed by atoms with Crippen LogP contribution in [-0.4, -0.2) is 22.8 Å². The van der Waals surface area contributed by atoms with Crippen LogP contribution in [0.3, 0.4) is 0 Å². The number of benzene rings is 2. The minimum Gasteiger partial charge on any atom is -0.426 e. The van der Waals surface area contributed by atoms with Crippen LogP contribution in [0.4, 0.5) is 5.69 Å². The summed E-state index contributed by atoms with van der Waals surface area (Å²) in [5, 5.41) is 10.8. The number of non-ortho nitro benzene ring substituents is 1. The molecule has 0 bridgehead atoms. The second-order valence-electron chi connectivity index (χ2n) is 5.67. The number of hydrogen-bond donors (Lipinski definition) is 0. The molecule has 0 spiro atoms. The van der Waals surface area contributed by atoms with Crippen molar-refractivity contribution in [2.24, 2.45) is 4.99 Å². The van der Waals surface area contributed by atoms with Gasteiger partial charge in [0, 0.05) is 19.1 Å². The van der Waals surface area contributed by atoms with Crippen LogP contribution < -0.4 is 4.74 Å². The Kier molecular flexibility index (Phi) is 4.80. The molecule has 0 saturated carbocycles. The van der Waals surface area contributed by atoms with Crippen molar-refractivity contribution in [2.75, 3.05) is 0 Å². The number of nitro groups is 1. The topological polar surface area (TPSA) is 108 Å². The van der Waals surface area contributed by atoms with Crippen molar-refractivity contribution in [3.05, 3.63) is 75.5 Å². The van der Waals surface area contributed by atoms with Crippen molar-refractivity contribution in [3.8, 4) is 5.75 Å². The lowest BCUT2D eigenvalue weighted by molar-refractivity contribution is -0.384. The molecule has 3 rings (SSSR count). The van der Waals surface area contributed by atoms with Gasteiger partial charge in [-0.25, -0.2) is 9.79 Å². The van der Waals surface area contributed by atoms with Gasteiger partial charge in [0.2, 0.25) is 5.90 Å². The zero-order chi connectivity index (χ0) is 19.6. The molecule has 0 amide bonds. The van der Waals surface area contributed by atoms with E-state index in [-0.39, 0.29) is 23.0 Å². The third-order valence-corrected chi connectivity index (χ3v) is 3.83. The van der Waals surface area contributed by atoms with Crippen LogP contribution in [0.25, 0.3) is 5.57 Å². The van der Waals surface area contributed by atoms with E-state index < -0.39 is 16.9 Å². The molecule has 0 radical (unpaired) electrons. The Bertz CT molecular complexity index is 1010. The van der Waals surface area contributed by atoms with Crippen molar-refractivity contribution in [1.82, 2.24) is 0 Å². The molecule has 2 aromatic rings. The molecule has 8 nitrogen and oxygen atoms in total. The summed E-state index contributed by atoms with van der Waals surface area (Å²) in [5.41, 5.74) is 1.51. The number of aliphatic imine (C=N–C) groups is 1. The largest absolute Gasteiger partial charge is 0.426 e. The average Bonchev–Trinajstić information content (AvgIpc) is 3.02. The predicted octanol–water partition coefficient (Wildman–Crippen LogP) is 3.25. The first-order valence-corrected chi connectivity index (χ1v) is 7.91. The first-order chi connectivity index (χ1) is 12.9. The van der Waals surface area contributed by atoms with E-state index in [9.17, 15) is 19.7 Å². The van der Waals surface area contributed by atoms with Crippen LogP contribution in [0.1, 0.15) is 25.0 Å². The second kappa shape index (κ2) is 7.20. The van der Waals surface area contributed by atoms with E-state index in [1.165, 1.54) is 31.2 Å². The van der Waals surface area contributed by atoms with Gasteiger partial charge in [0.25, 0.3) is 5.69 Å². The Hall–Kier alpha value is -3.81. The van der Waals surface area contributed by atoms with E-state index in [2.05, 4.69) is 4.99 Å². The normalized spacial score (nSPS) is 15.0. The first kappa shape index (κ1) is 18.0. The minimum atomic E-state index is -0.654. The lowest BCUT2D eigenvalue weighted by Gasteiger charge is -2.06. The quantitative estimate of drug-likeness (QED) is 0.270. The molecule has 1 aliphatic heterocycles. The van der Waals surface area contributed by atoms with Crippen LogP contribution in [0, 0.1) is 10.1 Å². The molecule has 0 N–H and O–H groups in total. The molecular weight excluding hydrogens is 352 g/mol. The van der Waals surface area contributed by atoms with Crippen LogP contribution in [-0.2, 0) is 14.3 Å². The maximum Gasteiger partial charge on any atom is 0.364 e.